The lowest BCUT2D eigenvalue weighted by molar-refractivity contribution is -0.319. The van der Waals surface area contributed by atoms with Crippen molar-refractivity contribution in [3.63, 3.8) is 0 Å². The molecule has 0 aliphatic carbocycles. The molecule has 2 saturated heterocycles. The standard InChI is InChI=1S/C20H26O11/c21-8-12-14(23)16(15(24)18(26)30-12)31-19-17(25)20(27,10-29-19)9-28-13(22)7-6-11-4-2-1-3-5-11/h1-7,12,14-19,21,23-27H,8-10H2/b7-6+/t12-,14-,15-,16+,17+,18-,19+,20-/m1/s1. The molecule has 0 amide bonds. The van der Waals surface area contributed by atoms with Gasteiger partial charge in [0.1, 0.15) is 37.1 Å². The van der Waals surface area contributed by atoms with E-state index in [9.17, 15) is 35.4 Å². The molecule has 3 rings (SSSR count). The van der Waals surface area contributed by atoms with E-state index < -0.39 is 74.5 Å². The summed E-state index contributed by atoms with van der Waals surface area (Å²) in [6.45, 7) is -1.72. The van der Waals surface area contributed by atoms with Crippen molar-refractivity contribution in [2.24, 2.45) is 0 Å². The number of carbonyl (C=O) groups excluding carboxylic acids is 1. The summed E-state index contributed by atoms with van der Waals surface area (Å²) in [5.74, 6) is -0.752. The Balaban J connectivity index is 1.56. The third-order valence-corrected chi connectivity index (χ3v) is 5.11. The van der Waals surface area contributed by atoms with E-state index in [0.717, 1.165) is 5.56 Å². The van der Waals surface area contributed by atoms with Crippen molar-refractivity contribution in [3.05, 3.63) is 42.0 Å². The Hall–Kier alpha value is -1.93. The fourth-order valence-corrected chi connectivity index (χ4v) is 3.25. The number of benzene rings is 1. The molecule has 0 saturated carbocycles. The summed E-state index contributed by atoms with van der Waals surface area (Å²) < 4.78 is 20.4. The minimum atomic E-state index is -2.00. The molecule has 0 radical (unpaired) electrons. The van der Waals surface area contributed by atoms with Gasteiger partial charge in [-0.2, -0.15) is 0 Å². The zero-order valence-electron chi connectivity index (χ0n) is 16.4. The molecule has 1 aromatic carbocycles. The van der Waals surface area contributed by atoms with Crippen LogP contribution in [-0.2, 0) is 23.7 Å². The fourth-order valence-electron chi connectivity index (χ4n) is 3.25. The fraction of sp³-hybridized carbons (Fsp3) is 0.550. The van der Waals surface area contributed by atoms with Gasteiger partial charge in [0.15, 0.2) is 18.2 Å². The topological polar surface area (TPSA) is 175 Å². The van der Waals surface area contributed by atoms with Crippen LogP contribution in [0.25, 0.3) is 6.08 Å². The largest absolute Gasteiger partial charge is 0.459 e. The Kier molecular flexibility index (Phi) is 7.75. The van der Waals surface area contributed by atoms with Crippen molar-refractivity contribution in [3.8, 4) is 0 Å². The first kappa shape index (κ1) is 23.7. The molecule has 31 heavy (non-hydrogen) atoms. The molecule has 6 N–H and O–H groups in total. The summed E-state index contributed by atoms with van der Waals surface area (Å²) in [5.41, 5.74) is -1.23. The van der Waals surface area contributed by atoms with Gasteiger partial charge in [0, 0.05) is 6.08 Å². The van der Waals surface area contributed by atoms with Crippen LogP contribution in [0.4, 0.5) is 0 Å². The second kappa shape index (κ2) is 10.1. The Bertz CT molecular complexity index is 757. The van der Waals surface area contributed by atoms with Crippen LogP contribution in [0.1, 0.15) is 5.56 Å². The summed E-state index contributed by atoms with van der Waals surface area (Å²) in [6, 6.07) is 8.99. The second-order valence-corrected chi connectivity index (χ2v) is 7.41. The molecule has 0 spiro atoms. The zero-order valence-corrected chi connectivity index (χ0v) is 16.4. The number of esters is 1. The zero-order chi connectivity index (χ0) is 22.6. The molecular formula is C20H26O11. The molecule has 0 unspecified atom stereocenters. The SMILES string of the molecule is O=C(/C=C/c1ccccc1)OC[C@@]1(O)CO[C@@H](O[C@@H]2[C@@H](O)[C@H](O)O[C@H](CO)[C@H]2O)[C@@H]1O. The molecular weight excluding hydrogens is 416 g/mol. The van der Waals surface area contributed by atoms with Gasteiger partial charge in [0.2, 0.25) is 0 Å². The average Bonchev–Trinajstić information content (AvgIpc) is 3.05. The molecule has 11 heteroatoms. The van der Waals surface area contributed by atoms with Crippen molar-refractivity contribution in [2.45, 2.75) is 48.7 Å². The Morgan fingerprint density at radius 1 is 1.16 bits per heavy atom. The first-order valence-electron chi connectivity index (χ1n) is 9.63. The van der Waals surface area contributed by atoms with Gasteiger partial charge in [-0.05, 0) is 11.6 Å². The molecule has 0 aromatic heterocycles. The number of hydrogen-bond acceptors (Lipinski definition) is 11. The van der Waals surface area contributed by atoms with Crippen molar-refractivity contribution in [2.75, 3.05) is 19.8 Å². The second-order valence-electron chi connectivity index (χ2n) is 7.41. The number of rotatable bonds is 7. The van der Waals surface area contributed by atoms with Crippen molar-refractivity contribution >= 4 is 12.0 Å². The number of aliphatic hydroxyl groups excluding tert-OH is 5. The third-order valence-electron chi connectivity index (χ3n) is 5.11. The van der Waals surface area contributed by atoms with Gasteiger partial charge >= 0.3 is 5.97 Å². The van der Waals surface area contributed by atoms with Crippen LogP contribution in [-0.4, -0.2) is 105 Å². The normalized spacial score (nSPS) is 38.5. The van der Waals surface area contributed by atoms with E-state index >= 15 is 0 Å². The lowest BCUT2D eigenvalue weighted by atomic mass is 9.98. The highest BCUT2D eigenvalue weighted by molar-refractivity contribution is 5.87. The van der Waals surface area contributed by atoms with E-state index in [1.165, 1.54) is 12.2 Å². The summed E-state index contributed by atoms with van der Waals surface area (Å²) >= 11 is 0. The van der Waals surface area contributed by atoms with E-state index in [1.54, 1.807) is 24.3 Å². The van der Waals surface area contributed by atoms with Gasteiger partial charge in [-0.3, -0.25) is 0 Å². The quantitative estimate of drug-likeness (QED) is 0.195. The highest BCUT2D eigenvalue weighted by Crippen LogP contribution is 2.30. The van der Waals surface area contributed by atoms with Gasteiger partial charge in [-0.1, -0.05) is 30.3 Å². The molecule has 2 aliphatic heterocycles. The van der Waals surface area contributed by atoms with Gasteiger partial charge in [-0.15, -0.1) is 0 Å². The molecule has 2 fully saturated rings. The molecule has 172 valence electrons. The maximum Gasteiger partial charge on any atom is 0.330 e. The van der Waals surface area contributed by atoms with E-state index in [1.807, 2.05) is 6.07 Å². The summed E-state index contributed by atoms with van der Waals surface area (Å²) in [6.07, 6.45) is -8.25. The van der Waals surface area contributed by atoms with Crippen LogP contribution in [0.2, 0.25) is 0 Å². The van der Waals surface area contributed by atoms with Crippen molar-refractivity contribution in [1.29, 1.82) is 0 Å². The molecule has 2 heterocycles. The molecule has 1 aromatic rings. The molecule has 2 aliphatic rings. The minimum absolute atomic E-state index is 0.462. The number of aliphatic hydroxyl groups is 6. The Morgan fingerprint density at radius 3 is 2.55 bits per heavy atom. The van der Waals surface area contributed by atoms with Gasteiger partial charge < -0.3 is 49.6 Å². The van der Waals surface area contributed by atoms with E-state index in [0.29, 0.717) is 0 Å². The number of ether oxygens (including phenoxy) is 4. The van der Waals surface area contributed by atoms with Crippen LogP contribution in [0.15, 0.2) is 36.4 Å². The van der Waals surface area contributed by atoms with Gasteiger partial charge in [0.05, 0.1) is 13.2 Å². The smallest absolute Gasteiger partial charge is 0.330 e. The molecule has 8 atom stereocenters. The van der Waals surface area contributed by atoms with Crippen LogP contribution < -0.4 is 0 Å². The lowest BCUT2D eigenvalue weighted by Crippen LogP contribution is -2.61. The average molecular weight is 442 g/mol. The van der Waals surface area contributed by atoms with E-state index in [2.05, 4.69) is 0 Å². The lowest BCUT2D eigenvalue weighted by Gasteiger charge is -2.41. The van der Waals surface area contributed by atoms with Crippen LogP contribution in [0.5, 0.6) is 0 Å². The Labute approximate surface area is 177 Å². The van der Waals surface area contributed by atoms with E-state index in [4.69, 9.17) is 18.9 Å². The van der Waals surface area contributed by atoms with Gasteiger partial charge in [-0.25, -0.2) is 4.79 Å². The summed E-state index contributed by atoms with van der Waals surface area (Å²) in [4.78, 5) is 11.9. The number of carbonyl (C=O) groups is 1. The van der Waals surface area contributed by atoms with Crippen molar-refractivity contribution in [1.82, 2.24) is 0 Å². The monoisotopic (exact) mass is 442 g/mol. The molecule has 0 bridgehead atoms. The number of hydrogen-bond donors (Lipinski definition) is 6. The molecule has 11 nitrogen and oxygen atoms in total. The third kappa shape index (κ3) is 5.47. The summed E-state index contributed by atoms with van der Waals surface area (Å²) in [5, 5.41) is 60.1. The van der Waals surface area contributed by atoms with Crippen LogP contribution in [0, 0.1) is 0 Å². The first-order valence-corrected chi connectivity index (χ1v) is 9.63. The maximum atomic E-state index is 11.9. The highest BCUT2D eigenvalue weighted by atomic mass is 16.7. The van der Waals surface area contributed by atoms with Crippen LogP contribution >= 0.6 is 0 Å². The van der Waals surface area contributed by atoms with E-state index in [-0.39, 0.29) is 0 Å². The van der Waals surface area contributed by atoms with Crippen LogP contribution in [0.3, 0.4) is 0 Å². The van der Waals surface area contributed by atoms with Gasteiger partial charge in [0.25, 0.3) is 0 Å². The summed E-state index contributed by atoms with van der Waals surface area (Å²) in [7, 11) is 0. The first-order chi connectivity index (χ1) is 14.7. The highest BCUT2D eigenvalue weighted by Gasteiger charge is 2.53. The maximum absolute atomic E-state index is 11.9. The van der Waals surface area contributed by atoms with Crippen molar-refractivity contribution < 1.29 is 54.4 Å². The predicted molar refractivity (Wildman–Crippen MR) is 102 cm³/mol. The minimum Gasteiger partial charge on any atom is -0.459 e. The Morgan fingerprint density at radius 2 is 1.87 bits per heavy atom. The predicted octanol–water partition coefficient (Wildman–Crippen LogP) is -2.49.